The van der Waals surface area contributed by atoms with E-state index in [1.807, 2.05) is 0 Å². The molecule has 1 N–H and O–H groups in total. The second kappa shape index (κ2) is 7.28. The number of aliphatic hydroxyl groups is 1. The molecule has 0 saturated heterocycles. The van der Waals surface area contributed by atoms with Crippen molar-refractivity contribution in [3.63, 3.8) is 0 Å². The van der Waals surface area contributed by atoms with Crippen LogP contribution in [0.4, 0.5) is 10.1 Å². The molecular formula is C17H14FN3O5. The zero-order chi connectivity index (χ0) is 18.7. The van der Waals surface area contributed by atoms with E-state index in [1.54, 1.807) is 0 Å². The van der Waals surface area contributed by atoms with Gasteiger partial charge in [0.1, 0.15) is 24.3 Å². The van der Waals surface area contributed by atoms with E-state index in [0.29, 0.717) is 0 Å². The Balaban J connectivity index is 1.69. The number of nitro groups is 1. The predicted octanol–water partition coefficient (Wildman–Crippen LogP) is 1.88. The first-order chi connectivity index (χ1) is 12.4. The van der Waals surface area contributed by atoms with Crippen LogP contribution in [0.15, 0.2) is 53.6 Å². The molecule has 3 aromatic rings. The van der Waals surface area contributed by atoms with Gasteiger partial charge in [0, 0.05) is 12.1 Å². The van der Waals surface area contributed by atoms with Gasteiger partial charge in [-0.1, -0.05) is 6.07 Å². The first-order valence-corrected chi connectivity index (χ1v) is 7.64. The molecule has 0 radical (unpaired) electrons. The molecule has 0 aliphatic rings. The summed E-state index contributed by atoms with van der Waals surface area (Å²) < 4.78 is 19.7. The highest BCUT2D eigenvalue weighted by Gasteiger charge is 2.12. The van der Waals surface area contributed by atoms with Gasteiger partial charge in [0.25, 0.3) is 11.2 Å². The number of ether oxygens (including phenoxy) is 1. The maximum atomic E-state index is 13.2. The number of fused-ring (bicyclic) bond motifs is 1. The lowest BCUT2D eigenvalue weighted by Crippen LogP contribution is -2.30. The van der Waals surface area contributed by atoms with Crippen LogP contribution in [0.1, 0.15) is 0 Å². The molecule has 1 unspecified atom stereocenters. The number of rotatable bonds is 6. The van der Waals surface area contributed by atoms with E-state index in [1.165, 1.54) is 41.2 Å². The third-order valence-corrected chi connectivity index (χ3v) is 3.67. The zero-order valence-corrected chi connectivity index (χ0v) is 13.4. The minimum atomic E-state index is -1.05. The van der Waals surface area contributed by atoms with Crippen molar-refractivity contribution in [1.29, 1.82) is 0 Å². The summed E-state index contributed by atoms with van der Waals surface area (Å²) in [6.45, 7) is -0.261. The Bertz CT molecular complexity index is 1020. The lowest BCUT2D eigenvalue weighted by molar-refractivity contribution is -0.384. The molecule has 1 atom stereocenters. The largest absolute Gasteiger partial charge is 0.491 e. The molecule has 26 heavy (non-hydrogen) atoms. The number of hydrogen-bond acceptors (Lipinski definition) is 6. The number of aromatic nitrogens is 2. The first-order valence-electron chi connectivity index (χ1n) is 7.64. The minimum Gasteiger partial charge on any atom is -0.491 e. The van der Waals surface area contributed by atoms with Crippen LogP contribution < -0.4 is 10.3 Å². The van der Waals surface area contributed by atoms with Crippen molar-refractivity contribution in [3.8, 4) is 5.75 Å². The van der Waals surface area contributed by atoms with E-state index in [2.05, 4.69) is 4.98 Å². The van der Waals surface area contributed by atoms with E-state index in [9.17, 15) is 24.4 Å². The average molecular weight is 359 g/mol. The Morgan fingerprint density at radius 1 is 1.31 bits per heavy atom. The van der Waals surface area contributed by atoms with Crippen LogP contribution in [0.3, 0.4) is 0 Å². The van der Waals surface area contributed by atoms with Gasteiger partial charge in [-0.3, -0.25) is 19.5 Å². The molecule has 1 heterocycles. The van der Waals surface area contributed by atoms with Gasteiger partial charge in [0.05, 0.1) is 34.8 Å². The number of hydrogen-bond donors (Lipinski definition) is 1. The smallest absolute Gasteiger partial charge is 0.273 e. The number of nitro benzene ring substituents is 1. The van der Waals surface area contributed by atoms with Gasteiger partial charge in [-0.25, -0.2) is 9.37 Å². The molecule has 2 aromatic carbocycles. The number of non-ortho nitro benzene ring substituents is 1. The summed E-state index contributed by atoms with van der Waals surface area (Å²) in [6.07, 6.45) is 0.174. The molecule has 9 heteroatoms. The SMILES string of the molecule is O=c1c2ccc(F)cc2ncn1CC(O)COc1cccc([N+](=O)[O-])c1. The molecule has 0 spiro atoms. The highest BCUT2D eigenvalue weighted by Crippen LogP contribution is 2.19. The summed E-state index contributed by atoms with van der Waals surface area (Å²) in [4.78, 5) is 26.5. The van der Waals surface area contributed by atoms with Crippen LogP contribution >= 0.6 is 0 Å². The monoisotopic (exact) mass is 359 g/mol. The van der Waals surface area contributed by atoms with Crippen LogP contribution in [0, 0.1) is 15.9 Å². The fourth-order valence-electron chi connectivity index (χ4n) is 2.42. The van der Waals surface area contributed by atoms with Gasteiger partial charge in [0.15, 0.2) is 0 Å². The maximum Gasteiger partial charge on any atom is 0.273 e. The lowest BCUT2D eigenvalue weighted by atomic mass is 10.2. The van der Waals surface area contributed by atoms with Crippen LogP contribution in [-0.4, -0.2) is 32.3 Å². The van der Waals surface area contributed by atoms with Crippen molar-refractivity contribution in [2.75, 3.05) is 6.61 Å². The number of nitrogens with zero attached hydrogens (tertiary/aromatic N) is 3. The standard InChI is InChI=1S/C17H14FN3O5/c18-11-4-5-15-16(6-11)19-10-20(17(15)23)8-13(22)9-26-14-3-1-2-12(7-14)21(24)25/h1-7,10,13,22H,8-9H2. The second-order valence-corrected chi connectivity index (χ2v) is 5.58. The Morgan fingerprint density at radius 2 is 2.12 bits per heavy atom. The number of benzene rings is 2. The molecule has 0 fully saturated rings. The number of aliphatic hydroxyl groups excluding tert-OH is 1. The van der Waals surface area contributed by atoms with Crippen LogP contribution in [0.2, 0.25) is 0 Å². The molecule has 0 saturated carbocycles. The lowest BCUT2D eigenvalue weighted by Gasteiger charge is -2.14. The molecule has 0 aliphatic heterocycles. The molecular weight excluding hydrogens is 345 g/mol. The van der Waals surface area contributed by atoms with Crippen molar-refractivity contribution in [3.05, 3.63) is 75.1 Å². The van der Waals surface area contributed by atoms with E-state index in [-0.39, 0.29) is 35.5 Å². The maximum absolute atomic E-state index is 13.2. The molecule has 3 rings (SSSR count). The number of halogens is 1. The van der Waals surface area contributed by atoms with Crippen LogP contribution in [0.5, 0.6) is 5.75 Å². The Morgan fingerprint density at radius 3 is 2.88 bits per heavy atom. The fourth-order valence-corrected chi connectivity index (χ4v) is 2.42. The van der Waals surface area contributed by atoms with Crippen LogP contribution in [0.25, 0.3) is 10.9 Å². The summed E-state index contributed by atoms with van der Waals surface area (Å²) in [5.74, 6) is -0.259. The van der Waals surface area contributed by atoms with Gasteiger partial charge in [-0.15, -0.1) is 0 Å². The summed E-state index contributed by atoms with van der Waals surface area (Å²) in [5, 5.41) is 21.0. The normalized spacial score (nSPS) is 12.1. The third kappa shape index (κ3) is 3.83. The average Bonchev–Trinajstić information content (AvgIpc) is 2.62. The summed E-state index contributed by atoms with van der Waals surface area (Å²) in [7, 11) is 0. The van der Waals surface area contributed by atoms with E-state index < -0.39 is 22.4 Å². The Labute approximate surface area is 146 Å². The molecule has 1 aromatic heterocycles. The summed E-state index contributed by atoms with van der Waals surface area (Å²) >= 11 is 0. The Kier molecular flexibility index (Phi) is 4.90. The summed E-state index contributed by atoms with van der Waals surface area (Å²) in [6, 6.07) is 9.22. The van der Waals surface area contributed by atoms with Gasteiger partial charge in [-0.05, 0) is 18.2 Å². The highest BCUT2D eigenvalue weighted by molar-refractivity contribution is 5.77. The van der Waals surface area contributed by atoms with Gasteiger partial charge in [-0.2, -0.15) is 0 Å². The molecule has 0 aliphatic carbocycles. The molecule has 0 bridgehead atoms. The third-order valence-electron chi connectivity index (χ3n) is 3.67. The fraction of sp³-hybridized carbons (Fsp3) is 0.176. The van der Waals surface area contributed by atoms with Gasteiger partial charge >= 0.3 is 0 Å². The topological polar surface area (TPSA) is 107 Å². The van der Waals surface area contributed by atoms with Crippen molar-refractivity contribution >= 4 is 16.6 Å². The quantitative estimate of drug-likeness (QED) is 0.532. The van der Waals surface area contributed by atoms with Crippen molar-refractivity contribution in [1.82, 2.24) is 9.55 Å². The highest BCUT2D eigenvalue weighted by atomic mass is 19.1. The van der Waals surface area contributed by atoms with Gasteiger partial charge in [0.2, 0.25) is 0 Å². The first kappa shape index (κ1) is 17.5. The van der Waals surface area contributed by atoms with Crippen molar-refractivity contribution in [2.24, 2.45) is 0 Å². The van der Waals surface area contributed by atoms with E-state index in [4.69, 9.17) is 4.74 Å². The van der Waals surface area contributed by atoms with E-state index in [0.717, 1.165) is 12.1 Å². The predicted molar refractivity (Wildman–Crippen MR) is 90.6 cm³/mol. The van der Waals surface area contributed by atoms with Crippen molar-refractivity contribution < 1.29 is 19.2 Å². The van der Waals surface area contributed by atoms with Crippen LogP contribution in [-0.2, 0) is 6.54 Å². The summed E-state index contributed by atoms with van der Waals surface area (Å²) in [5.41, 5.74) is -0.308. The second-order valence-electron chi connectivity index (χ2n) is 5.58. The minimum absolute atomic E-state index is 0.0892. The van der Waals surface area contributed by atoms with E-state index >= 15 is 0 Å². The van der Waals surface area contributed by atoms with Crippen molar-refractivity contribution in [2.45, 2.75) is 12.6 Å². The zero-order valence-electron chi connectivity index (χ0n) is 13.4. The molecule has 8 nitrogen and oxygen atoms in total. The molecule has 0 amide bonds. The molecule has 134 valence electrons. The Hall–Kier alpha value is -3.33. The van der Waals surface area contributed by atoms with Gasteiger partial charge < -0.3 is 9.84 Å².